The monoisotopic (exact) mass is 328 g/mol. The van der Waals surface area contributed by atoms with Crippen LogP contribution in [0.25, 0.3) is 6.08 Å². The van der Waals surface area contributed by atoms with Crippen LogP contribution in [0.2, 0.25) is 5.02 Å². The molecule has 1 amide bonds. The first kappa shape index (κ1) is 14.9. The normalized spacial score (nSPS) is 18.5. The molecule has 0 N–H and O–H groups in total. The zero-order valence-electron chi connectivity index (χ0n) is 11.9. The van der Waals surface area contributed by atoms with E-state index in [1.807, 2.05) is 48.5 Å². The maximum Gasteiger partial charge on any atom is 0.266 e. The molecule has 0 aromatic heterocycles. The summed E-state index contributed by atoms with van der Waals surface area (Å²) in [6.07, 6.45) is 1.88. The van der Waals surface area contributed by atoms with Crippen molar-refractivity contribution in [3.05, 3.63) is 70.1 Å². The Balaban J connectivity index is 1.88. The molecule has 5 heteroatoms. The first-order chi connectivity index (χ1) is 10.6. The van der Waals surface area contributed by atoms with Crippen LogP contribution in [0.15, 0.2) is 64.5 Å². The summed E-state index contributed by atoms with van der Waals surface area (Å²) >= 11 is 7.24. The second-order valence-electron chi connectivity index (χ2n) is 4.76. The van der Waals surface area contributed by atoms with E-state index in [0.717, 1.165) is 11.3 Å². The van der Waals surface area contributed by atoms with Gasteiger partial charge < -0.3 is 0 Å². The highest BCUT2D eigenvalue weighted by atomic mass is 35.5. The van der Waals surface area contributed by atoms with Gasteiger partial charge in [-0.3, -0.25) is 9.69 Å². The van der Waals surface area contributed by atoms with Gasteiger partial charge in [-0.1, -0.05) is 41.9 Å². The lowest BCUT2D eigenvalue weighted by Gasteiger charge is -2.07. The largest absolute Gasteiger partial charge is 0.290 e. The van der Waals surface area contributed by atoms with E-state index < -0.39 is 0 Å². The van der Waals surface area contributed by atoms with E-state index in [-0.39, 0.29) is 5.91 Å². The number of carbonyl (C=O) groups is 1. The van der Waals surface area contributed by atoms with Crippen LogP contribution in [0.3, 0.4) is 0 Å². The van der Waals surface area contributed by atoms with Gasteiger partial charge >= 0.3 is 0 Å². The quantitative estimate of drug-likeness (QED) is 0.756. The zero-order chi connectivity index (χ0) is 15.5. The first-order valence-electron chi connectivity index (χ1n) is 6.70. The van der Waals surface area contributed by atoms with Crippen molar-refractivity contribution in [2.45, 2.75) is 0 Å². The number of nitrogens with zero attached hydrogens (tertiary/aromatic N) is 2. The number of likely N-dealkylation sites (N-methyl/N-ethyl adjacent to an activating group) is 1. The van der Waals surface area contributed by atoms with Crippen LogP contribution >= 0.6 is 23.4 Å². The molecule has 0 atom stereocenters. The second-order valence-corrected chi connectivity index (χ2v) is 6.20. The van der Waals surface area contributed by atoms with Crippen LogP contribution < -0.4 is 0 Å². The van der Waals surface area contributed by atoms with E-state index in [9.17, 15) is 4.79 Å². The smallest absolute Gasteiger partial charge is 0.266 e. The van der Waals surface area contributed by atoms with Crippen LogP contribution in [-0.4, -0.2) is 23.0 Å². The zero-order valence-corrected chi connectivity index (χ0v) is 13.4. The summed E-state index contributed by atoms with van der Waals surface area (Å²) in [5.41, 5.74) is 1.77. The number of carbonyl (C=O) groups excluding carboxylic acids is 1. The highest BCUT2D eigenvalue weighted by Crippen LogP contribution is 2.33. The van der Waals surface area contributed by atoms with Gasteiger partial charge in [0.15, 0.2) is 5.17 Å². The van der Waals surface area contributed by atoms with Gasteiger partial charge in [-0.2, -0.15) is 0 Å². The number of amides is 1. The van der Waals surface area contributed by atoms with E-state index in [2.05, 4.69) is 4.99 Å². The van der Waals surface area contributed by atoms with Crippen LogP contribution in [-0.2, 0) is 4.79 Å². The molecule has 0 radical (unpaired) electrons. The summed E-state index contributed by atoms with van der Waals surface area (Å²) in [6.45, 7) is 0. The van der Waals surface area contributed by atoms with Crippen molar-refractivity contribution in [2.75, 3.05) is 7.05 Å². The molecule has 0 unspecified atom stereocenters. The molecule has 3 rings (SSSR count). The molecule has 0 aliphatic carbocycles. The lowest BCUT2D eigenvalue weighted by atomic mass is 10.2. The van der Waals surface area contributed by atoms with Gasteiger partial charge in [0.25, 0.3) is 5.91 Å². The molecule has 0 saturated carbocycles. The number of benzene rings is 2. The van der Waals surface area contributed by atoms with E-state index >= 15 is 0 Å². The Morgan fingerprint density at radius 2 is 1.77 bits per heavy atom. The predicted molar refractivity (Wildman–Crippen MR) is 93.3 cm³/mol. The van der Waals surface area contributed by atoms with Gasteiger partial charge in [-0.05, 0) is 47.7 Å². The van der Waals surface area contributed by atoms with Crippen LogP contribution in [0.4, 0.5) is 5.69 Å². The first-order valence-corrected chi connectivity index (χ1v) is 7.90. The fourth-order valence-corrected chi connectivity index (χ4v) is 3.09. The standard InChI is InChI=1S/C17H13ClN2OS/c1-20-16(21)15(11-12-5-3-2-4-6-12)22-17(20)19-14-9-7-13(18)8-10-14/h2-11H,1H3/b15-11-,19-17?. The van der Waals surface area contributed by atoms with E-state index in [1.54, 1.807) is 24.1 Å². The third-order valence-corrected chi connectivity index (χ3v) is 4.46. The van der Waals surface area contributed by atoms with Crippen molar-refractivity contribution in [2.24, 2.45) is 4.99 Å². The maximum absolute atomic E-state index is 12.3. The van der Waals surface area contributed by atoms with Crippen molar-refractivity contribution in [1.82, 2.24) is 4.90 Å². The van der Waals surface area contributed by atoms with Crippen molar-refractivity contribution >= 4 is 46.2 Å². The SMILES string of the molecule is CN1C(=O)/C(=C/c2ccccc2)SC1=Nc1ccc(Cl)cc1. The Labute approximate surface area is 138 Å². The lowest BCUT2D eigenvalue weighted by Crippen LogP contribution is -2.23. The Hall–Kier alpha value is -2.04. The van der Waals surface area contributed by atoms with Crippen molar-refractivity contribution in [3.63, 3.8) is 0 Å². The summed E-state index contributed by atoms with van der Waals surface area (Å²) < 4.78 is 0. The van der Waals surface area contributed by atoms with Crippen molar-refractivity contribution in [1.29, 1.82) is 0 Å². The predicted octanol–water partition coefficient (Wildman–Crippen LogP) is 4.57. The lowest BCUT2D eigenvalue weighted by molar-refractivity contribution is -0.121. The number of hydrogen-bond acceptors (Lipinski definition) is 3. The highest BCUT2D eigenvalue weighted by molar-refractivity contribution is 8.18. The number of halogens is 1. The Morgan fingerprint density at radius 1 is 1.09 bits per heavy atom. The molecule has 1 heterocycles. The highest BCUT2D eigenvalue weighted by Gasteiger charge is 2.30. The fourth-order valence-electron chi connectivity index (χ4n) is 1.98. The molecule has 1 fully saturated rings. The van der Waals surface area contributed by atoms with Gasteiger partial charge in [0.2, 0.25) is 0 Å². The number of aliphatic imine (C=N–C) groups is 1. The third kappa shape index (κ3) is 3.24. The van der Waals surface area contributed by atoms with E-state index in [4.69, 9.17) is 11.6 Å². The number of thioether (sulfide) groups is 1. The molecule has 110 valence electrons. The van der Waals surface area contributed by atoms with Gasteiger partial charge in [-0.15, -0.1) is 0 Å². The number of amidine groups is 1. The minimum Gasteiger partial charge on any atom is -0.290 e. The van der Waals surface area contributed by atoms with E-state index in [0.29, 0.717) is 15.1 Å². The molecule has 1 aliphatic heterocycles. The minimum atomic E-state index is -0.0402. The topological polar surface area (TPSA) is 32.7 Å². The van der Waals surface area contributed by atoms with Crippen LogP contribution in [0.5, 0.6) is 0 Å². The molecular weight excluding hydrogens is 316 g/mol. The molecule has 0 spiro atoms. The molecule has 1 aliphatic rings. The molecular formula is C17H13ClN2OS. The second kappa shape index (κ2) is 6.38. The molecule has 3 nitrogen and oxygen atoms in total. The molecule has 22 heavy (non-hydrogen) atoms. The summed E-state index contributed by atoms with van der Waals surface area (Å²) in [5.74, 6) is -0.0402. The molecule has 1 saturated heterocycles. The summed E-state index contributed by atoms with van der Waals surface area (Å²) in [6, 6.07) is 17.0. The Morgan fingerprint density at radius 3 is 2.45 bits per heavy atom. The summed E-state index contributed by atoms with van der Waals surface area (Å²) in [7, 11) is 1.73. The van der Waals surface area contributed by atoms with Gasteiger partial charge in [0.1, 0.15) is 0 Å². The Kier molecular flexibility index (Phi) is 4.32. The van der Waals surface area contributed by atoms with Gasteiger partial charge in [-0.25, -0.2) is 4.99 Å². The van der Waals surface area contributed by atoms with Crippen molar-refractivity contribution in [3.8, 4) is 0 Å². The van der Waals surface area contributed by atoms with E-state index in [1.165, 1.54) is 11.8 Å². The minimum absolute atomic E-state index is 0.0402. The molecule has 2 aromatic carbocycles. The van der Waals surface area contributed by atoms with Crippen molar-refractivity contribution < 1.29 is 4.79 Å². The van der Waals surface area contributed by atoms with Crippen LogP contribution in [0, 0.1) is 0 Å². The summed E-state index contributed by atoms with van der Waals surface area (Å²) in [5, 5.41) is 1.33. The average molecular weight is 329 g/mol. The van der Waals surface area contributed by atoms with Crippen LogP contribution in [0.1, 0.15) is 5.56 Å². The molecule has 2 aromatic rings. The summed E-state index contributed by atoms with van der Waals surface area (Å²) in [4.78, 5) is 19.0. The van der Waals surface area contributed by atoms with Gasteiger partial charge in [0.05, 0.1) is 10.6 Å². The number of rotatable bonds is 2. The fraction of sp³-hybridized carbons (Fsp3) is 0.0588. The molecule has 0 bridgehead atoms. The average Bonchev–Trinajstić information content (AvgIpc) is 2.79. The van der Waals surface area contributed by atoms with Gasteiger partial charge in [0, 0.05) is 12.1 Å². The third-order valence-electron chi connectivity index (χ3n) is 3.15. The number of hydrogen-bond donors (Lipinski definition) is 0. The Bertz CT molecular complexity index is 754. The maximum atomic E-state index is 12.3.